The average molecular weight is 251 g/mol. The van der Waals surface area contributed by atoms with Crippen molar-refractivity contribution in [3.8, 4) is 0 Å². The molecular weight excluding hydrogens is 226 g/mol. The van der Waals surface area contributed by atoms with Crippen LogP contribution in [0.4, 0.5) is 5.82 Å². The Balaban J connectivity index is 3.38. The van der Waals surface area contributed by atoms with E-state index in [1.54, 1.807) is 7.11 Å². The highest BCUT2D eigenvalue weighted by Gasteiger charge is 2.32. The number of aryl methyl sites for hydroxylation is 1. The van der Waals surface area contributed by atoms with Crippen molar-refractivity contribution in [2.24, 2.45) is 0 Å². The first-order valence-corrected chi connectivity index (χ1v) is 6.69. The van der Waals surface area contributed by atoms with Gasteiger partial charge in [0.15, 0.2) is 5.82 Å². The van der Waals surface area contributed by atoms with Crippen LogP contribution in [-0.4, -0.2) is 24.1 Å². The second-order valence-electron chi connectivity index (χ2n) is 4.47. The lowest BCUT2D eigenvalue weighted by molar-refractivity contribution is -0.0291. The van der Waals surface area contributed by atoms with E-state index in [-0.39, 0.29) is 5.60 Å². The quantitative estimate of drug-likeness (QED) is 0.844. The normalized spacial score (nSPS) is 11.7. The average Bonchev–Trinajstić information content (AvgIpc) is 2.40. The maximum Gasteiger partial charge on any atom is 0.162 e. The van der Waals surface area contributed by atoms with Gasteiger partial charge in [0.1, 0.15) is 11.4 Å². The minimum atomic E-state index is -0.372. The summed E-state index contributed by atoms with van der Waals surface area (Å²) in [5.41, 5.74) is 1.84. The van der Waals surface area contributed by atoms with Crippen molar-refractivity contribution in [1.82, 2.24) is 9.97 Å². The molecule has 0 aromatic carbocycles. The van der Waals surface area contributed by atoms with Crippen LogP contribution >= 0.6 is 0 Å². The topological polar surface area (TPSA) is 47.0 Å². The summed E-state index contributed by atoms with van der Waals surface area (Å²) in [6.07, 6.45) is 2.67. The van der Waals surface area contributed by atoms with E-state index in [1.807, 2.05) is 14.0 Å². The van der Waals surface area contributed by atoms with Crippen LogP contribution < -0.4 is 5.32 Å². The Morgan fingerprint density at radius 2 is 1.78 bits per heavy atom. The predicted molar refractivity (Wildman–Crippen MR) is 75.0 cm³/mol. The number of nitrogens with zero attached hydrogens (tertiary/aromatic N) is 2. The fourth-order valence-corrected chi connectivity index (χ4v) is 2.38. The molecule has 4 nitrogen and oxygen atoms in total. The fraction of sp³-hybridized carbons (Fsp3) is 0.714. The lowest BCUT2D eigenvalue weighted by Gasteiger charge is -2.29. The largest absolute Gasteiger partial charge is 0.373 e. The Morgan fingerprint density at radius 1 is 1.17 bits per heavy atom. The van der Waals surface area contributed by atoms with Gasteiger partial charge < -0.3 is 10.1 Å². The molecule has 0 saturated heterocycles. The highest BCUT2D eigenvalue weighted by atomic mass is 16.5. The monoisotopic (exact) mass is 251 g/mol. The lowest BCUT2D eigenvalue weighted by atomic mass is 9.95. The Bertz CT molecular complexity index is 392. The van der Waals surface area contributed by atoms with E-state index < -0.39 is 0 Å². The molecule has 0 bridgehead atoms. The van der Waals surface area contributed by atoms with Crippen LogP contribution in [0.5, 0.6) is 0 Å². The van der Waals surface area contributed by atoms with Crippen LogP contribution in [0.1, 0.15) is 50.7 Å². The van der Waals surface area contributed by atoms with Crippen LogP contribution in [0, 0.1) is 6.92 Å². The summed E-state index contributed by atoms with van der Waals surface area (Å²) in [6.45, 7) is 8.38. The Morgan fingerprint density at radius 3 is 2.17 bits per heavy atom. The predicted octanol–water partition coefficient (Wildman–Crippen LogP) is 3.05. The number of ether oxygens (including phenoxy) is 1. The summed E-state index contributed by atoms with van der Waals surface area (Å²) < 4.78 is 5.70. The van der Waals surface area contributed by atoms with Crippen LogP contribution in [-0.2, 0) is 16.8 Å². The van der Waals surface area contributed by atoms with Crippen molar-refractivity contribution in [3.63, 3.8) is 0 Å². The van der Waals surface area contributed by atoms with E-state index in [0.717, 1.165) is 36.6 Å². The third kappa shape index (κ3) is 2.48. The number of aromatic nitrogens is 2. The van der Waals surface area contributed by atoms with Crippen molar-refractivity contribution in [2.45, 2.75) is 52.6 Å². The molecule has 0 aliphatic heterocycles. The molecule has 4 heteroatoms. The van der Waals surface area contributed by atoms with Gasteiger partial charge in [-0.3, -0.25) is 0 Å². The molecule has 1 rings (SSSR count). The highest BCUT2D eigenvalue weighted by molar-refractivity contribution is 5.46. The molecule has 0 amide bonds. The summed E-state index contributed by atoms with van der Waals surface area (Å²) in [5.74, 6) is 1.71. The molecule has 0 aliphatic rings. The van der Waals surface area contributed by atoms with Crippen molar-refractivity contribution < 1.29 is 4.74 Å². The van der Waals surface area contributed by atoms with E-state index in [1.165, 1.54) is 5.56 Å². The second kappa shape index (κ2) is 6.14. The number of methoxy groups -OCH3 is 1. The first kappa shape index (κ1) is 14.9. The van der Waals surface area contributed by atoms with Gasteiger partial charge in [0.2, 0.25) is 0 Å². The molecule has 1 heterocycles. The molecule has 1 aromatic heterocycles. The SMILES string of the molecule is CCc1c(C)nc(C(CC)(CC)OC)nc1NC. The first-order valence-electron chi connectivity index (χ1n) is 6.69. The Hall–Kier alpha value is -1.16. The molecule has 0 radical (unpaired) electrons. The zero-order valence-electron chi connectivity index (χ0n) is 12.4. The van der Waals surface area contributed by atoms with Crippen LogP contribution in [0.2, 0.25) is 0 Å². The van der Waals surface area contributed by atoms with E-state index in [4.69, 9.17) is 4.74 Å². The molecule has 0 unspecified atom stereocenters. The minimum Gasteiger partial charge on any atom is -0.373 e. The van der Waals surface area contributed by atoms with Gasteiger partial charge in [-0.25, -0.2) is 9.97 Å². The van der Waals surface area contributed by atoms with E-state index in [0.29, 0.717) is 0 Å². The van der Waals surface area contributed by atoms with Crippen molar-refractivity contribution in [2.75, 3.05) is 19.5 Å². The lowest BCUT2D eigenvalue weighted by Crippen LogP contribution is -2.30. The summed E-state index contributed by atoms with van der Waals surface area (Å²) >= 11 is 0. The molecule has 18 heavy (non-hydrogen) atoms. The number of hydrogen-bond donors (Lipinski definition) is 1. The third-order valence-electron chi connectivity index (χ3n) is 3.74. The molecule has 1 aromatic rings. The Kier molecular flexibility index (Phi) is 5.08. The van der Waals surface area contributed by atoms with Gasteiger partial charge in [-0.15, -0.1) is 0 Å². The molecule has 0 spiro atoms. The van der Waals surface area contributed by atoms with Crippen molar-refractivity contribution >= 4 is 5.82 Å². The van der Waals surface area contributed by atoms with Gasteiger partial charge in [-0.05, 0) is 26.2 Å². The third-order valence-corrected chi connectivity index (χ3v) is 3.74. The first-order chi connectivity index (χ1) is 8.58. The van der Waals surface area contributed by atoms with Crippen molar-refractivity contribution in [3.05, 3.63) is 17.1 Å². The van der Waals surface area contributed by atoms with Crippen LogP contribution in [0.3, 0.4) is 0 Å². The minimum absolute atomic E-state index is 0.372. The summed E-state index contributed by atoms with van der Waals surface area (Å²) in [4.78, 5) is 9.32. The smallest absolute Gasteiger partial charge is 0.162 e. The fourth-order valence-electron chi connectivity index (χ4n) is 2.38. The highest BCUT2D eigenvalue weighted by Crippen LogP contribution is 2.31. The maximum absolute atomic E-state index is 5.70. The molecule has 0 fully saturated rings. The molecule has 0 saturated carbocycles. The number of nitrogens with one attached hydrogen (secondary N) is 1. The van der Waals surface area contributed by atoms with E-state index in [2.05, 4.69) is 36.1 Å². The van der Waals surface area contributed by atoms with Gasteiger partial charge in [0.05, 0.1) is 0 Å². The van der Waals surface area contributed by atoms with E-state index >= 15 is 0 Å². The molecule has 0 atom stereocenters. The number of anilines is 1. The zero-order valence-corrected chi connectivity index (χ0v) is 12.4. The van der Waals surface area contributed by atoms with Crippen LogP contribution in [0.25, 0.3) is 0 Å². The maximum atomic E-state index is 5.70. The van der Waals surface area contributed by atoms with Gasteiger partial charge in [-0.1, -0.05) is 20.8 Å². The molecular formula is C14H25N3O. The number of rotatable bonds is 6. The zero-order chi connectivity index (χ0) is 13.8. The number of hydrogen-bond acceptors (Lipinski definition) is 4. The van der Waals surface area contributed by atoms with Crippen molar-refractivity contribution in [1.29, 1.82) is 0 Å². The Labute approximate surface area is 110 Å². The van der Waals surface area contributed by atoms with Gasteiger partial charge in [0.25, 0.3) is 0 Å². The summed E-state index contributed by atoms with van der Waals surface area (Å²) in [5, 5.41) is 3.17. The second-order valence-corrected chi connectivity index (χ2v) is 4.47. The van der Waals surface area contributed by atoms with Gasteiger partial charge in [0, 0.05) is 25.4 Å². The summed E-state index contributed by atoms with van der Waals surface area (Å²) in [7, 11) is 3.63. The van der Waals surface area contributed by atoms with Gasteiger partial charge >= 0.3 is 0 Å². The molecule has 102 valence electrons. The molecule has 1 N–H and O–H groups in total. The standard InChI is InChI=1S/C14H25N3O/c1-7-11-10(4)16-13(17-12(11)15-5)14(8-2,9-3)18-6/h7-9H2,1-6H3,(H,15,16,17). The summed E-state index contributed by atoms with van der Waals surface area (Å²) in [6, 6.07) is 0. The van der Waals surface area contributed by atoms with E-state index in [9.17, 15) is 0 Å². The molecule has 0 aliphatic carbocycles. The van der Waals surface area contributed by atoms with Crippen LogP contribution in [0.15, 0.2) is 0 Å². The van der Waals surface area contributed by atoms with Gasteiger partial charge in [-0.2, -0.15) is 0 Å².